The fourth-order valence-electron chi connectivity index (χ4n) is 1.88. The first-order valence-electron chi connectivity index (χ1n) is 6.29. The molecule has 1 atom stereocenters. The third-order valence-corrected chi connectivity index (χ3v) is 3.01. The SMILES string of the molecule is C=CCC[C@H](C)Nc1cccc(C(=O)NC)c1C. The fraction of sp³-hybridized carbons (Fsp3) is 0.400. The Hall–Kier alpha value is -1.77. The molecule has 0 fully saturated rings. The number of rotatable bonds is 6. The molecule has 0 aliphatic heterocycles. The lowest BCUT2D eigenvalue weighted by atomic mass is 10.0. The van der Waals surface area contributed by atoms with Gasteiger partial charge in [-0.1, -0.05) is 12.1 Å². The summed E-state index contributed by atoms with van der Waals surface area (Å²) < 4.78 is 0. The predicted octanol–water partition coefficient (Wildman–Crippen LogP) is 3.12. The van der Waals surface area contributed by atoms with Crippen molar-refractivity contribution in [2.75, 3.05) is 12.4 Å². The van der Waals surface area contributed by atoms with Crippen LogP contribution in [-0.4, -0.2) is 19.0 Å². The maximum atomic E-state index is 11.7. The number of nitrogens with one attached hydrogen (secondary N) is 2. The van der Waals surface area contributed by atoms with E-state index in [1.165, 1.54) is 0 Å². The average Bonchev–Trinajstić information content (AvgIpc) is 2.38. The zero-order valence-electron chi connectivity index (χ0n) is 11.4. The van der Waals surface area contributed by atoms with Gasteiger partial charge in [0.1, 0.15) is 0 Å². The molecule has 1 aromatic carbocycles. The lowest BCUT2D eigenvalue weighted by Crippen LogP contribution is -2.21. The highest BCUT2D eigenvalue weighted by Gasteiger charge is 2.11. The van der Waals surface area contributed by atoms with E-state index in [1.54, 1.807) is 7.05 Å². The van der Waals surface area contributed by atoms with Gasteiger partial charge in [-0.25, -0.2) is 0 Å². The lowest BCUT2D eigenvalue weighted by molar-refractivity contribution is 0.0962. The first kappa shape index (κ1) is 14.3. The van der Waals surface area contributed by atoms with Crippen LogP contribution in [0.15, 0.2) is 30.9 Å². The Morgan fingerprint density at radius 2 is 2.22 bits per heavy atom. The number of anilines is 1. The molecule has 0 spiro atoms. The van der Waals surface area contributed by atoms with Crippen molar-refractivity contribution in [1.29, 1.82) is 0 Å². The second-order valence-electron chi connectivity index (χ2n) is 4.47. The summed E-state index contributed by atoms with van der Waals surface area (Å²) in [7, 11) is 1.65. The highest BCUT2D eigenvalue weighted by Crippen LogP contribution is 2.20. The van der Waals surface area contributed by atoms with Crippen molar-refractivity contribution in [2.45, 2.75) is 32.7 Å². The van der Waals surface area contributed by atoms with Crippen molar-refractivity contribution < 1.29 is 4.79 Å². The molecule has 0 saturated carbocycles. The van der Waals surface area contributed by atoms with Crippen molar-refractivity contribution >= 4 is 11.6 Å². The minimum atomic E-state index is -0.0464. The first-order valence-corrected chi connectivity index (χ1v) is 6.29. The van der Waals surface area contributed by atoms with E-state index in [1.807, 2.05) is 31.2 Å². The number of hydrogen-bond acceptors (Lipinski definition) is 2. The summed E-state index contributed by atoms with van der Waals surface area (Å²) >= 11 is 0. The molecule has 0 aliphatic carbocycles. The van der Waals surface area contributed by atoms with E-state index in [4.69, 9.17) is 0 Å². The number of carbonyl (C=O) groups is 1. The quantitative estimate of drug-likeness (QED) is 0.757. The van der Waals surface area contributed by atoms with Crippen molar-refractivity contribution in [3.8, 4) is 0 Å². The molecule has 98 valence electrons. The molecule has 0 saturated heterocycles. The number of allylic oxidation sites excluding steroid dienone is 1. The van der Waals surface area contributed by atoms with E-state index < -0.39 is 0 Å². The minimum Gasteiger partial charge on any atom is -0.382 e. The van der Waals surface area contributed by atoms with Crippen LogP contribution in [0.3, 0.4) is 0 Å². The highest BCUT2D eigenvalue weighted by atomic mass is 16.1. The van der Waals surface area contributed by atoms with E-state index >= 15 is 0 Å². The molecule has 1 rings (SSSR count). The van der Waals surface area contributed by atoms with Gasteiger partial charge in [0.2, 0.25) is 0 Å². The Morgan fingerprint density at radius 3 is 2.83 bits per heavy atom. The third-order valence-electron chi connectivity index (χ3n) is 3.01. The van der Waals surface area contributed by atoms with Gasteiger partial charge in [-0.2, -0.15) is 0 Å². The Morgan fingerprint density at radius 1 is 1.50 bits per heavy atom. The molecule has 2 N–H and O–H groups in total. The van der Waals surface area contributed by atoms with E-state index in [9.17, 15) is 4.79 Å². The van der Waals surface area contributed by atoms with Crippen molar-refractivity contribution in [2.24, 2.45) is 0 Å². The zero-order valence-corrected chi connectivity index (χ0v) is 11.4. The summed E-state index contributed by atoms with van der Waals surface area (Å²) in [6, 6.07) is 6.11. The number of benzene rings is 1. The summed E-state index contributed by atoms with van der Waals surface area (Å²) in [5, 5.41) is 6.09. The molecule has 0 aromatic heterocycles. The van der Waals surface area contributed by atoms with Gasteiger partial charge >= 0.3 is 0 Å². The van der Waals surface area contributed by atoms with Crippen LogP contribution < -0.4 is 10.6 Å². The molecule has 3 heteroatoms. The summed E-state index contributed by atoms with van der Waals surface area (Å²) in [5.41, 5.74) is 2.73. The van der Waals surface area contributed by atoms with E-state index in [0.717, 1.165) is 29.7 Å². The predicted molar refractivity (Wildman–Crippen MR) is 77.1 cm³/mol. The lowest BCUT2D eigenvalue weighted by Gasteiger charge is -2.17. The molecule has 3 nitrogen and oxygen atoms in total. The average molecular weight is 246 g/mol. The third kappa shape index (κ3) is 3.62. The van der Waals surface area contributed by atoms with E-state index in [0.29, 0.717) is 6.04 Å². The topological polar surface area (TPSA) is 41.1 Å². The molecular weight excluding hydrogens is 224 g/mol. The van der Waals surface area contributed by atoms with Crippen LogP contribution >= 0.6 is 0 Å². The van der Waals surface area contributed by atoms with Gasteiger partial charge in [0, 0.05) is 24.3 Å². The Kier molecular flexibility index (Phi) is 5.43. The van der Waals surface area contributed by atoms with Gasteiger partial charge in [-0.05, 0) is 44.4 Å². The molecule has 0 bridgehead atoms. The summed E-state index contributed by atoms with van der Waals surface area (Å²) in [4.78, 5) is 11.7. The van der Waals surface area contributed by atoms with Crippen LogP contribution in [0.4, 0.5) is 5.69 Å². The fourth-order valence-corrected chi connectivity index (χ4v) is 1.88. The minimum absolute atomic E-state index is 0.0464. The number of amides is 1. The molecule has 18 heavy (non-hydrogen) atoms. The van der Waals surface area contributed by atoms with Crippen LogP contribution in [0.25, 0.3) is 0 Å². The molecule has 0 radical (unpaired) electrons. The largest absolute Gasteiger partial charge is 0.382 e. The van der Waals surface area contributed by atoms with Gasteiger partial charge in [0.05, 0.1) is 0 Å². The maximum absolute atomic E-state index is 11.7. The smallest absolute Gasteiger partial charge is 0.251 e. The second-order valence-corrected chi connectivity index (χ2v) is 4.47. The maximum Gasteiger partial charge on any atom is 0.251 e. The standard InChI is InChI=1S/C15H22N2O/c1-5-6-8-11(2)17-14-10-7-9-13(12(14)3)15(18)16-4/h5,7,9-11,17H,1,6,8H2,2-4H3,(H,16,18)/t11-/m0/s1. The van der Waals surface area contributed by atoms with Crippen LogP contribution in [0, 0.1) is 6.92 Å². The normalized spacial score (nSPS) is 11.7. The Balaban J connectivity index is 2.83. The second kappa shape index (κ2) is 6.84. The van der Waals surface area contributed by atoms with Crippen molar-refractivity contribution in [3.05, 3.63) is 42.0 Å². The molecule has 0 heterocycles. The summed E-state index contributed by atoms with van der Waals surface area (Å²) in [6.07, 6.45) is 3.95. The van der Waals surface area contributed by atoms with Gasteiger partial charge in [-0.3, -0.25) is 4.79 Å². The van der Waals surface area contributed by atoms with Crippen molar-refractivity contribution in [3.63, 3.8) is 0 Å². The van der Waals surface area contributed by atoms with Crippen LogP contribution in [-0.2, 0) is 0 Å². The monoisotopic (exact) mass is 246 g/mol. The van der Waals surface area contributed by atoms with E-state index in [-0.39, 0.29) is 5.91 Å². The van der Waals surface area contributed by atoms with Gasteiger partial charge in [-0.15, -0.1) is 6.58 Å². The molecule has 0 unspecified atom stereocenters. The van der Waals surface area contributed by atoms with Crippen LogP contribution in [0.1, 0.15) is 35.7 Å². The van der Waals surface area contributed by atoms with Gasteiger partial charge in [0.25, 0.3) is 5.91 Å². The van der Waals surface area contributed by atoms with Crippen LogP contribution in [0.2, 0.25) is 0 Å². The molecular formula is C15H22N2O. The molecule has 1 aromatic rings. The zero-order chi connectivity index (χ0) is 13.5. The highest BCUT2D eigenvalue weighted by molar-refractivity contribution is 5.96. The Bertz CT molecular complexity index is 427. The van der Waals surface area contributed by atoms with Gasteiger partial charge < -0.3 is 10.6 Å². The van der Waals surface area contributed by atoms with E-state index in [2.05, 4.69) is 24.1 Å². The number of hydrogen-bond donors (Lipinski definition) is 2. The number of carbonyl (C=O) groups excluding carboxylic acids is 1. The molecule has 1 amide bonds. The summed E-state index contributed by atoms with van der Waals surface area (Å²) in [6.45, 7) is 7.82. The summed E-state index contributed by atoms with van der Waals surface area (Å²) in [5.74, 6) is -0.0464. The molecule has 0 aliphatic rings. The Labute approximate surface area is 109 Å². The van der Waals surface area contributed by atoms with Gasteiger partial charge in [0.15, 0.2) is 0 Å². The first-order chi connectivity index (χ1) is 8.60. The van der Waals surface area contributed by atoms with Crippen LogP contribution in [0.5, 0.6) is 0 Å². The van der Waals surface area contributed by atoms with Crippen molar-refractivity contribution in [1.82, 2.24) is 5.32 Å².